The van der Waals surface area contributed by atoms with Gasteiger partial charge in [0.05, 0.1) is 6.10 Å². The van der Waals surface area contributed by atoms with Gasteiger partial charge in [-0.2, -0.15) is 0 Å². The highest BCUT2D eigenvalue weighted by molar-refractivity contribution is 5.66. The summed E-state index contributed by atoms with van der Waals surface area (Å²) in [6.07, 6.45) is 9.20. The minimum absolute atomic E-state index is 0.129. The van der Waals surface area contributed by atoms with Gasteiger partial charge < -0.3 is 10.2 Å². The van der Waals surface area contributed by atoms with Gasteiger partial charge in [0.1, 0.15) is 0 Å². The van der Waals surface area contributed by atoms with E-state index in [0.29, 0.717) is 19.3 Å². The molecule has 2 N–H and O–H groups in total. The number of hydrogen-bond acceptors (Lipinski definition) is 2. The Bertz CT molecular complexity index is 530. The lowest BCUT2D eigenvalue weighted by Crippen LogP contribution is -2.02. The van der Waals surface area contributed by atoms with Gasteiger partial charge in [-0.1, -0.05) is 5.92 Å². The van der Waals surface area contributed by atoms with Crippen LogP contribution in [0.5, 0.6) is 0 Å². The van der Waals surface area contributed by atoms with Gasteiger partial charge in [-0.25, -0.2) is 0 Å². The maximum Gasteiger partial charge on any atom is 0.303 e. The van der Waals surface area contributed by atoms with Crippen LogP contribution in [-0.4, -0.2) is 22.3 Å². The maximum atomic E-state index is 10.3. The Morgan fingerprint density at radius 1 is 1.16 bits per heavy atom. The monoisotopic (exact) mass is 254 g/mol. The van der Waals surface area contributed by atoms with E-state index in [2.05, 4.69) is 41.4 Å². The van der Waals surface area contributed by atoms with Crippen LogP contribution >= 0.6 is 0 Å². The zero-order valence-corrected chi connectivity index (χ0v) is 10.4. The molecule has 19 heavy (non-hydrogen) atoms. The van der Waals surface area contributed by atoms with E-state index < -0.39 is 12.1 Å². The van der Waals surface area contributed by atoms with Crippen LogP contribution in [0, 0.1) is 47.9 Å². The number of aliphatic hydroxyl groups is 1. The number of aliphatic carboxylic acids is 1. The number of carbonyl (C=O) groups is 1. The molecular formula is C16H14O3. The van der Waals surface area contributed by atoms with Crippen molar-refractivity contribution in [1.82, 2.24) is 0 Å². The molecule has 1 unspecified atom stereocenters. The van der Waals surface area contributed by atoms with E-state index >= 15 is 0 Å². The third-order valence-electron chi connectivity index (χ3n) is 1.94. The molecule has 1 atom stereocenters. The average Bonchev–Trinajstić information content (AvgIpc) is 2.37. The predicted octanol–water partition coefficient (Wildman–Crippen LogP) is 1.19. The zero-order chi connectivity index (χ0) is 14.3. The summed E-state index contributed by atoms with van der Waals surface area (Å²) in [5, 5.41) is 17.9. The summed E-state index contributed by atoms with van der Waals surface area (Å²) >= 11 is 0. The summed E-state index contributed by atoms with van der Waals surface area (Å²) in [6.45, 7) is 0. The molecule has 0 rings (SSSR count). The highest BCUT2D eigenvalue weighted by Crippen LogP contribution is 2.04. The molecule has 96 valence electrons. The van der Waals surface area contributed by atoms with Crippen molar-refractivity contribution in [2.24, 2.45) is 0 Å². The van der Waals surface area contributed by atoms with Gasteiger partial charge in [0.2, 0.25) is 0 Å². The first-order valence-corrected chi connectivity index (χ1v) is 5.69. The van der Waals surface area contributed by atoms with E-state index in [-0.39, 0.29) is 6.42 Å². The second kappa shape index (κ2) is 11.9. The molecule has 0 aromatic heterocycles. The van der Waals surface area contributed by atoms with E-state index in [1.54, 1.807) is 6.08 Å². The van der Waals surface area contributed by atoms with Crippen molar-refractivity contribution in [1.29, 1.82) is 0 Å². The number of carboxylic acids is 1. The van der Waals surface area contributed by atoms with E-state index in [1.165, 1.54) is 6.08 Å². The molecule has 0 saturated carbocycles. The molecule has 3 nitrogen and oxygen atoms in total. The molecule has 0 bridgehead atoms. The van der Waals surface area contributed by atoms with Crippen LogP contribution in [0.2, 0.25) is 0 Å². The number of unbranched alkanes of at least 4 members (excludes halogenated alkanes) is 1. The second-order valence-electron chi connectivity index (χ2n) is 3.48. The highest BCUT2D eigenvalue weighted by atomic mass is 16.4. The lowest BCUT2D eigenvalue weighted by atomic mass is 10.1. The van der Waals surface area contributed by atoms with E-state index in [1.807, 2.05) is 0 Å². The van der Waals surface area contributed by atoms with Crippen LogP contribution in [0.1, 0.15) is 25.7 Å². The molecule has 0 aliphatic rings. The van der Waals surface area contributed by atoms with E-state index in [0.717, 1.165) is 0 Å². The van der Waals surface area contributed by atoms with Crippen molar-refractivity contribution in [2.75, 3.05) is 0 Å². The molecule has 0 heterocycles. The first kappa shape index (κ1) is 16.4. The van der Waals surface area contributed by atoms with Crippen LogP contribution in [0.3, 0.4) is 0 Å². The minimum atomic E-state index is -0.817. The Labute approximate surface area is 113 Å². The smallest absolute Gasteiger partial charge is 0.303 e. The van der Waals surface area contributed by atoms with Gasteiger partial charge in [0, 0.05) is 6.42 Å². The van der Waals surface area contributed by atoms with Crippen molar-refractivity contribution in [3.05, 3.63) is 12.2 Å². The molecule has 0 fully saturated rings. The van der Waals surface area contributed by atoms with Gasteiger partial charge in [-0.15, -0.1) is 6.42 Å². The quantitative estimate of drug-likeness (QED) is 0.553. The molecule has 0 aliphatic heterocycles. The van der Waals surface area contributed by atoms with Crippen LogP contribution in [0.4, 0.5) is 0 Å². The maximum absolute atomic E-state index is 10.3. The largest absolute Gasteiger partial charge is 0.481 e. The number of allylic oxidation sites excluding steroid dienone is 1. The Balaban J connectivity index is 3.87. The van der Waals surface area contributed by atoms with Crippen LogP contribution < -0.4 is 0 Å². The van der Waals surface area contributed by atoms with Gasteiger partial charge in [0.15, 0.2) is 0 Å². The van der Waals surface area contributed by atoms with E-state index in [4.69, 9.17) is 11.5 Å². The molecule has 0 spiro atoms. The number of carboxylic acid groups (broad SMARTS) is 1. The summed E-state index contributed by atoms with van der Waals surface area (Å²) in [4.78, 5) is 10.3. The molecule has 0 amide bonds. The van der Waals surface area contributed by atoms with Gasteiger partial charge in [-0.05, 0) is 66.9 Å². The summed E-state index contributed by atoms with van der Waals surface area (Å²) < 4.78 is 0. The summed E-state index contributed by atoms with van der Waals surface area (Å²) in [6, 6.07) is 0. The number of hydrogen-bond donors (Lipinski definition) is 2. The topological polar surface area (TPSA) is 57.5 Å². The van der Waals surface area contributed by atoms with Crippen LogP contribution in [0.25, 0.3) is 0 Å². The van der Waals surface area contributed by atoms with Crippen molar-refractivity contribution < 1.29 is 15.0 Å². The number of rotatable bonds is 6. The number of aliphatic hydroxyl groups excluding tert-OH is 1. The lowest BCUT2D eigenvalue weighted by molar-refractivity contribution is -0.137. The van der Waals surface area contributed by atoms with Gasteiger partial charge in [-0.3, -0.25) is 4.79 Å². The lowest BCUT2D eigenvalue weighted by Gasteiger charge is -2.02. The fraction of sp³-hybridized carbons (Fsp3) is 0.312. The van der Waals surface area contributed by atoms with E-state index in [9.17, 15) is 9.90 Å². The third kappa shape index (κ3) is 13.3. The Hall–Kier alpha value is -2.59. The third-order valence-corrected chi connectivity index (χ3v) is 1.94. The fourth-order valence-corrected chi connectivity index (χ4v) is 1.09. The van der Waals surface area contributed by atoms with Crippen molar-refractivity contribution in [3.8, 4) is 47.9 Å². The summed E-state index contributed by atoms with van der Waals surface area (Å²) in [7, 11) is 0. The van der Waals surface area contributed by atoms with Crippen molar-refractivity contribution in [3.63, 3.8) is 0 Å². The minimum Gasteiger partial charge on any atom is -0.481 e. The second-order valence-corrected chi connectivity index (χ2v) is 3.48. The first-order valence-electron chi connectivity index (χ1n) is 5.69. The average molecular weight is 254 g/mol. The normalized spacial score (nSPS) is 9.89. The van der Waals surface area contributed by atoms with Crippen LogP contribution in [-0.2, 0) is 4.79 Å². The molecule has 0 radical (unpaired) electrons. The molecule has 0 saturated heterocycles. The fourth-order valence-electron chi connectivity index (χ4n) is 1.09. The standard InChI is InChI=1S/C16H14O3/c1-2-3-4-5-6-7-8-9-12-15(17)13-10-11-14-16(18)19/h1,9,12,15,17H,10-11,13-14H2,(H,18,19)/b12-9+. The Morgan fingerprint density at radius 3 is 2.53 bits per heavy atom. The highest BCUT2D eigenvalue weighted by Gasteiger charge is 2.00. The number of terminal acetylenes is 1. The molecule has 3 heteroatoms. The molecule has 0 aromatic rings. The Morgan fingerprint density at radius 2 is 1.84 bits per heavy atom. The summed E-state index contributed by atoms with van der Waals surface area (Å²) in [5.74, 6) is 16.1. The molecular weight excluding hydrogens is 240 g/mol. The summed E-state index contributed by atoms with van der Waals surface area (Å²) in [5.41, 5.74) is 0. The van der Waals surface area contributed by atoms with Crippen molar-refractivity contribution in [2.45, 2.75) is 31.8 Å². The molecule has 0 aromatic carbocycles. The van der Waals surface area contributed by atoms with Gasteiger partial charge >= 0.3 is 5.97 Å². The van der Waals surface area contributed by atoms with Crippen molar-refractivity contribution >= 4 is 5.97 Å². The SMILES string of the molecule is C#CC#CC#CC#C/C=C/C(O)CCCCC(=O)O. The molecule has 0 aliphatic carbocycles. The Kier molecular flexibility index (Phi) is 10.3. The van der Waals surface area contributed by atoms with Crippen LogP contribution in [0.15, 0.2) is 12.2 Å². The zero-order valence-electron chi connectivity index (χ0n) is 10.4. The first-order chi connectivity index (χ1) is 9.16. The predicted molar refractivity (Wildman–Crippen MR) is 73.4 cm³/mol. The van der Waals surface area contributed by atoms with Gasteiger partial charge in [0.25, 0.3) is 0 Å².